The highest BCUT2D eigenvalue weighted by Gasteiger charge is 2.70. The molecule has 0 aliphatic carbocycles. The maximum atomic E-state index is 13.3. The molecule has 152 valence electrons. The average Bonchev–Trinajstić information content (AvgIpc) is 2.34. The maximum Gasteiger partial charge on any atom is 0.422 e. The second kappa shape index (κ2) is 7.09. The fraction of sp³-hybridized carbons (Fsp3) is 1.00. The number of hydrogen-bond donors (Lipinski definition) is 0. The number of ether oxygens (including phenoxy) is 2. The predicted octanol–water partition coefficient (Wildman–Crippen LogP) is 5.36. The van der Waals surface area contributed by atoms with Gasteiger partial charge in [0, 0.05) is 6.42 Å². The van der Waals surface area contributed by atoms with E-state index in [-0.39, 0.29) is 0 Å². The Morgan fingerprint density at radius 3 is 1.40 bits per heavy atom. The Labute approximate surface area is 137 Å². The van der Waals surface area contributed by atoms with Gasteiger partial charge in [0.1, 0.15) is 13.2 Å². The largest absolute Gasteiger partial charge is 0.422 e. The van der Waals surface area contributed by atoms with Crippen molar-refractivity contribution in [1.82, 2.24) is 0 Å². The fourth-order valence-corrected chi connectivity index (χ4v) is 1.43. The second-order valence-electron chi connectivity index (χ2n) is 6.27. The smallest absolute Gasteiger partial charge is 0.368 e. The first kappa shape index (κ1) is 24.2. The molecule has 2 nitrogen and oxygen atoms in total. The van der Waals surface area contributed by atoms with Crippen LogP contribution in [-0.2, 0) is 9.47 Å². The molecule has 0 unspecified atom stereocenters. The van der Waals surface area contributed by atoms with E-state index in [4.69, 9.17) is 0 Å². The van der Waals surface area contributed by atoms with Crippen LogP contribution in [0, 0.1) is 0 Å². The average molecular weight is 396 g/mol. The molecule has 0 aliphatic rings. The zero-order valence-electron chi connectivity index (χ0n) is 13.7. The SMILES string of the molecule is CCC(F)(F)C(F)(F)C(F)(F)COCC(F)(F)C(F)(F)OC(C)(C)C. The fourth-order valence-electron chi connectivity index (χ4n) is 1.43. The molecule has 0 bridgehead atoms. The van der Waals surface area contributed by atoms with E-state index in [0.29, 0.717) is 6.92 Å². The first-order chi connectivity index (χ1) is 10.7. The highest BCUT2D eigenvalue weighted by Crippen LogP contribution is 2.47. The van der Waals surface area contributed by atoms with Crippen molar-refractivity contribution in [2.75, 3.05) is 13.2 Å². The summed E-state index contributed by atoms with van der Waals surface area (Å²) in [6.45, 7) is -1.56. The molecular formula is C13H18F10O2. The molecule has 0 fully saturated rings. The van der Waals surface area contributed by atoms with Gasteiger partial charge in [0.05, 0.1) is 5.60 Å². The lowest BCUT2D eigenvalue weighted by molar-refractivity contribution is -0.385. The number of hydrogen-bond acceptors (Lipinski definition) is 2. The van der Waals surface area contributed by atoms with Crippen LogP contribution in [0.1, 0.15) is 34.1 Å². The van der Waals surface area contributed by atoms with Gasteiger partial charge in [-0.25, -0.2) is 0 Å². The predicted molar refractivity (Wildman–Crippen MR) is 66.7 cm³/mol. The van der Waals surface area contributed by atoms with Gasteiger partial charge in [-0.3, -0.25) is 0 Å². The van der Waals surface area contributed by atoms with Gasteiger partial charge in [-0.2, -0.15) is 43.9 Å². The molecule has 0 amide bonds. The van der Waals surface area contributed by atoms with Gasteiger partial charge in [0.25, 0.3) is 0 Å². The summed E-state index contributed by atoms with van der Waals surface area (Å²) < 4.78 is 139. The molecule has 0 aliphatic heterocycles. The molecular weight excluding hydrogens is 378 g/mol. The van der Waals surface area contributed by atoms with Crippen LogP contribution in [0.15, 0.2) is 0 Å². The summed E-state index contributed by atoms with van der Waals surface area (Å²) in [5, 5.41) is 0. The normalized spacial score (nSPS) is 15.6. The summed E-state index contributed by atoms with van der Waals surface area (Å²) in [6, 6.07) is 0. The van der Waals surface area contributed by atoms with Gasteiger partial charge < -0.3 is 9.47 Å². The molecule has 0 rings (SSSR count). The number of rotatable bonds is 9. The van der Waals surface area contributed by atoms with Gasteiger partial charge in [-0.05, 0) is 20.8 Å². The zero-order chi connectivity index (χ0) is 20.5. The highest BCUT2D eigenvalue weighted by atomic mass is 19.3. The Morgan fingerprint density at radius 1 is 0.640 bits per heavy atom. The van der Waals surface area contributed by atoms with Crippen molar-refractivity contribution >= 4 is 0 Å². The van der Waals surface area contributed by atoms with Gasteiger partial charge in [-0.1, -0.05) is 6.92 Å². The van der Waals surface area contributed by atoms with E-state index in [1.165, 1.54) is 0 Å². The van der Waals surface area contributed by atoms with E-state index in [9.17, 15) is 43.9 Å². The quantitative estimate of drug-likeness (QED) is 0.489. The van der Waals surface area contributed by atoms with Crippen molar-refractivity contribution in [3.8, 4) is 0 Å². The monoisotopic (exact) mass is 396 g/mol. The summed E-state index contributed by atoms with van der Waals surface area (Å²) in [5.41, 5.74) is -1.76. The first-order valence-corrected chi connectivity index (χ1v) is 6.89. The third-order valence-corrected chi connectivity index (χ3v) is 2.79. The molecule has 12 heteroatoms. The Hall–Kier alpha value is -0.780. The van der Waals surface area contributed by atoms with Crippen LogP contribution in [0.25, 0.3) is 0 Å². The summed E-state index contributed by atoms with van der Waals surface area (Å²) in [7, 11) is 0. The summed E-state index contributed by atoms with van der Waals surface area (Å²) in [5.74, 6) is -21.8. The van der Waals surface area contributed by atoms with Gasteiger partial charge in [0.2, 0.25) is 0 Å². The van der Waals surface area contributed by atoms with Crippen LogP contribution >= 0.6 is 0 Å². The van der Waals surface area contributed by atoms with E-state index in [1.807, 2.05) is 0 Å². The lowest BCUT2D eigenvalue weighted by Gasteiger charge is -2.34. The Morgan fingerprint density at radius 2 is 1.04 bits per heavy atom. The molecule has 0 atom stereocenters. The van der Waals surface area contributed by atoms with Crippen LogP contribution in [0.2, 0.25) is 0 Å². The van der Waals surface area contributed by atoms with Crippen molar-refractivity contribution in [1.29, 1.82) is 0 Å². The van der Waals surface area contributed by atoms with E-state index < -0.39 is 55.0 Å². The molecule has 0 saturated carbocycles. The minimum atomic E-state index is -5.92. The van der Waals surface area contributed by atoms with Crippen molar-refractivity contribution in [2.24, 2.45) is 0 Å². The van der Waals surface area contributed by atoms with Gasteiger partial charge in [-0.15, -0.1) is 0 Å². The molecule has 0 heterocycles. The molecule has 0 aromatic carbocycles. The molecule has 0 radical (unpaired) electrons. The third kappa shape index (κ3) is 5.60. The first-order valence-electron chi connectivity index (χ1n) is 6.89. The maximum absolute atomic E-state index is 13.3. The number of halogens is 10. The summed E-state index contributed by atoms with van der Waals surface area (Å²) >= 11 is 0. The van der Waals surface area contributed by atoms with Crippen LogP contribution < -0.4 is 0 Å². The van der Waals surface area contributed by atoms with E-state index in [0.717, 1.165) is 20.8 Å². The van der Waals surface area contributed by atoms with Gasteiger partial charge in [0.15, 0.2) is 0 Å². The molecule has 0 N–H and O–H groups in total. The van der Waals surface area contributed by atoms with Gasteiger partial charge >= 0.3 is 29.8 Å². The van der Waals surface area contributed by atoms with Crippen molar-refractivity contribution in [3.63, 3.8) is 0 Å². The lowest BCUT2D eigenvalue weighted by Crippen LogP contribution is -2.56. The third-order valence-electron chi connectivity index (χ3n) is 2.79. The minimum absolute atomic E-state index is 0.503. The molecule has 25 heavy (non-hydrogen) atoms. The summed E-state index contributed by atoms with van der Waals surface area (Å²) in [4.78, 5) is 0. The molecule has 0 aromatic heterocycles. The Balaban J connectivity index is 5.04. The Kier molecular flexibility index (Phi) is 6.87. The molecule has 0 aromatic rings. The van der Waals surface area contributed by atoms with Crippen LogP contribution in [-0.4, -0.2) is 48.6 Å². The molecule has 0 saturated heterocycles. The summed E-state index contributed by atoms with van der Waals surface area (Å²) in [6.07, 6.45) is -6.83. The van der Waals surface area contributed by atoms with Crippen LogP contribution in [0.4, 0.5) is 43.9 Å². The van der Waals surface area contributed by atoms with Crippen molar-refractivity contribution in [3.05, 3.63) is 0 Å². The zero-order valence-corrected chi connectivity index (χ0v) is 13.7. The minimum Gasteiger partial charge on any atom is -0.368 e. The molecule has 0 spiro atoms. The van der Waals surface area contributed by atoms with Crippen LogP contribution in [0.3, 0.4) is 0 Å². The lowest BCUT2D eigenvalue weighted by atomic mass is 10.0. The standard InChI is InChI=1S/C13H18F10O2/c1-5-9(14,15)12(20,21)10(16,17)6-24-7-11(18,19)13(22,23)25-8(2,3)4/h5-7H2,1-4H3. The van der Waals surface area contributed by atoms with E-state index in [1.54, 1.807) is 0 Å². The van der Waals surface area contributed by atoms with E-state index in [2.05, 4.69) is 9.47 Å². The van der Waals surface area contributed by atoms with E-state index >= 15 is 0 Å². The number of alkyl halides is 10. The Bertz CT molecular complexity index is 443. The highest BCUT2D eigenvalue weighted by molar-refractivity contribution is 4.95. The van der Waals surface area contributed by atoms with Crippen molar-refractivity contribution in [2.45, 2.75) is 69.5 Å². The van der Waals surface area contributed by atoms with Crippen LogP contribution in [0.5, 0.6) is 0 Å². The second-order valence-corrected chi connectivity index (χ2v) is 6.27. The topological polar surface area (TPSA) is 18.5 Å². The van der Waals surface area contributed by atoms with Crippen molar-refractivity contribution < 1.29 is 53.4 Å².